The van der Waals surface area contributed by atoms with Gasteiger partial charge in [0.05, 0.1) is 6.04 Å². The average Bonchev–Trinajstić information content (AvgIpc) is 2.75. The second kappa shape index (κ2) is 5.23. The second-order valence-electron chi connectivity index (χ2n) is 5.38. The van der Waals surface area contributed by atoms with Crippen LogP contribution in [-0.2, 0) is 0 Å². The molecule has 0 aromatic carbocycles. The van der Waals surface area contributed by atoms with Crippen molar-refractivity contribution in [1.29, 1.82) is 0 Å². The summed E-state index contributed by atoms with van der Waals surface area (Å²) >= 11 is 0. The van der Waals surface area contributed by atoms with Gasteiger partial charge in [0.2, 0.25) is 0 Å². The van der Waals surface area contributed by atoms with Crippen molar-refractivity contribution in [3.8, 4) is 0 Å². The molecule has 2 rings (SSSR count). The summed E-state index contributed by atoms with van der Waals surface area (Å²) in [5, 5.41) is 0. The van der Waals surface area contributed by atoms with E-state index >= 15 is 0 Å². The van der Waals surface area contributed by atoms with Gasteiger partial charge in [0.15, 0.2) is 0 Å². The highest BCUT2D eigenvalue weighted by atomic mass is 16.3. The number of nitrogens with zero attached hydrogens (tertiary/aromatic N) is 1. The lowest BCUT2D eigenvalue weighted by atomic mass is 9.91. The van der Waals surface area contributed by atoms with Crippen LogP contribution in [0.3, 0.4) is 0 Å². The van der Waals surface area contributed by atoms with Crippen molar-refractivity contribution in [1.82, 2.24) is 4.90 Å². The van der Waals surface area contributed by atoms with Crippen LogP contribution in [0.2, 0.25) is 0 Å². The number of hydrogen-bond acceptors (Lipinski definition) is 3. The molecular formula is C14H24N2O. The highest BCUT2D eigenvalue weighted by Gasteiger charge is 2.30. The number of hydrogen-bond donors (Lipinski definition) is 1. The van der Waals surface area contributed by atoms with E-state index in [1.54, 1.807) is 0 Å². The van der Waals surface area contributed by atoms with Crippen LogP contribution >= 0.6 is 0 Å². The Morgan fingerprint density at radius 3 is 2.88 bits per heavy atom. The molecule has 1 aromatic rings. The average molecular weight is 236 g/mol. The Labute approximate surface area is 104 Å². The fraction of sp³-hybridized carbons (Fsp3) is 0.714. The van der Waals surface area contributed by atoms with E-state index in [0.717, 1.165) is 30.5 Å². The van der Waals surface area contributed by atoms with E-state index < -0.39 is 0 Å². The number of nitrogens with two attached hydrogens (primary N) is 1. The molecule has 17 heavy (non-hydrogen) atoms. The number of piperidine rings is 1. The Kier molecular flexibility index (Phi) is 3.89. The maximum absolute atomic E-state index is 5.90. The first-order valence-corrected chi connectivity index (χ1v) is 6.64. The van der Waals surface area contributed by atoms with Crippen LogP contribution in [0.1, 0.15) is 44.3 Å². The molecule has 0 aliphatic carbocycles. The molecule has 1 aliphatic rings. The van der Waals surface area contributed by atoms with Crippen LogP contribution in [-0.4, -0.2) is 24.0 Å². The van der Waals surface area contributed by atoms with Gasteiger partial charge in [0.1, 0.15) is 11.5 Å². The van der Waals surface area contributed by atoms with Crippen molar-refractivity contribution < 1.29 is 4.42 Å². The molecule has 0 saturated carbocycles. The third-order valence-corrected chi connectivity index (χ3v) is 3.97. The lowest BCUT2D eigenvalue weighted by Crippen LogP contribution is -2.47. The molecule has 3 unspecified atom stereocenters. The third-order valence-electron chi connectivity index (χ3n) is 3.97. The molecule has 1 aromatic heterocycles. The fourth-order valence-corrected chi connectivity index (χ4v) is 2.85. The summed E-state index contributed by atoms with van der Waals surface area (Å²) in [4.78, 5) is 2.50. The van der Waals surface area contributed by atoms with Crippen molar-refractivity contribution in [3.63, 3.8) is 0 Å². The van der Waals surface area contributed by atoms with Crippen molar-refractivity contribution in [2.45, 2.75) is 45.7 Å². The van der Waals surface area contributed by atoms with E-state index in [0.29, 0.717) is 12.1 Å². The minimum atomic E-state index is 0.338. The summed E-state index contributed by atoms with van der Waals surface area (Å²) in [5.41, 5.74) is 5.90. The first kappa shape index (κ1) is 12.7. The minimum absolute atomic E-state index is 0.338. The molecule has 0 amide bonds. The highest BCUT2D eigenvalue weighted by Crippen LogP contribution is 2.31. The van der Waals surface area contributed by atoms with Gasteiger partial charge in [-0.05, 0) is 51.3 Å². The minimum Gasteiger partial charge on any atom is -0.465 e. The normalized spacial score (nSPS) is 28.2. The van der Waals surface area contributed by atoms with Gasteiger partial charge in [-0.25, -0.2) is 0 Å². The van der Waals surface area contributed by atoms with Gasteiger partial charge in [0, 0.05) is 12.6 Å². The SMILES string of the molecule is Cc1ccc(C(C)N2CCC(C)CC2CN)o1. The van der Waals surface area contributed by atoms with E-state index in [1.807, 2.05) is 13.0 Å². The predicted octanol–water partition coefficient (Wildman–Crippen LogP) is 2.71. The van der Waals surface area contributed by atoms with Crippen LogP contribution in [0, 0.1) is 12.8 Å². The zero-order chi connectivity index (χ0) is 12.4. The molecular weight excluding hydrogens is 212 g/mol. The Bertz CT molecular complexity index is 361. The summed E-state index contributed by atoms with van der Waals surface area (Å²) in [5.74, 6) is 2.85. The Balaban J connectivity index is 2.09. The molecule has 1 fully saturated rings. The molecule has 3 nitrogen and oxygen atoms in total. The van der Waals surface area contributed by atoms with Crippen LogP contribution < -0.4 is 5.73 Å². The van der Waals surface area contributed by atoms with Crippen LogP contribution in [0.25, 0.3) is 0 Å². The lowest BCUT2D eigenvalue weighted by molar-refractivity contribution is 0.0731. The smallest absolute Gasteiger partial charge is 0.121 e. The zero-order valence-electron chi connectivity index (χ0n) is 11.1. The molecule has 1 aliphatic heterocycles. The van der Waals surface area contributed by atoms with Gasteiger partial charge in [-0.2, -0.15) is 0 Å². The second-order valence-corrected chi connectivity index (χ2v) is 5.38. The fourth-order valence-electron chi connectivity index (χ4n) is 2.85. The monoisotopic (exact) mass is 236 g/mol. The van der Waals surface area contributed by atoms with Gasteiger partial charge < -0.3 is 10.2 Å². The van der Waals surface area contributed by atoms with E-state index in [-0.39, 0.29) is 0 Å². The van der Waals surface area contributed by atoms with Crippen molar-refractivity contribution in [3.05, 3.63) is 23.7 Å². The summed E-state index contributed by atoms with van der Waals surface area (Å²) in [6, 6.07) is 4.96. The number of rotatable bonds is 3. The van der Waals surface area contributed by atoms with E-state index in [2.05, 4.69) is 24.8 Å². The van der Waals surface area contributed by atoms with Gasteiger partial charge in [-0.1, -0.05) is 6.92 Å². The molecule has 1 saturated heterocycles. The number of aryl methyl sites for hydroxylation is 1. The standard InChI is InChI=1S/C14H24N2O/c1-10-6-7-16(13(8-10)9-15)12(3)14-5-4-11(2)17-14/h4-5,10,12-13H,6-9,15H2,1-3H3. The van der Waals surface area contributed by atoms with E-state index in [1.165, 1.54) is 12.8 Å². The first-order valence-electron chi connectivity index (χ1n) is 6.64. The maximum atomic E-state index is 5.90. The summed E-state index contributed by atoms with van der Waals surface area (Å²) in [7, 11) is 0. The Morgan fingerprint density at radius 2 is 2.29 bits per heavy atom. The van der Waals surface area contributed by atoms with Gasteiger partial charge in [-0.3, -0.25) is 4.90 Å². The summed E-state index contributed by atoms with van der Waals surface area (Å²) in [6.07, 6.45) is 2.47. The largest absolute Gasteiger partial charge is 0.465 e. The number of likely N-dealkylation sites (tertiary alicyclic amines) is 1. The first-order chi connectivity index (χ1) is 8.11. The van der Waals surface area contributed by atoms with E-state index in [9.17, 15) is 0 Å². The van der Waals surface area contributed by atoms with Crippen molar-refractivity contribution in [2.24, 2.45) is 11.7 Å². The molecule has 2 N–H and O–H groups in total. The molecule has 3 atom stereocenters. The van der Waals surface area contributed by atoms with Crippen LogP contribution in [0.15, 0.2) is 16.5 Å². The highest BCUT2D eigenvalue weighted by molar-refractivity contribution is 5.10. The number of furan rings is 1. The molecule has 0 spiro atoms. The Hall–Kier alpha value is -0.800. The quantitative estimate of drug-likeness (QED) is 0.877. The van der Waals surface area contributed by atoms with Crippen molar-refractivity contribution in [2.75, 3.05) is 13.1 Å². The predicted molar refractivity (Wildman–Crippen MR) is 69.8 cm³/mol. The van der Waals surface area contributed by atoms with Gasteiger partial charge in [-0.15, -0.1) is 0 Å². The summed E-state index contributed by atoms with van der Waals surface area (Å²) in [6.45, 7) is 8.41. The topological polar surface area (TPSA) is 42.4 Å². The molecule has 0 radical (unpaired) electrons. The molecule has 0 bridgehead atoms. The molecule has 96 valence electrons. The van der Waals surface area contributed by atoms with Gasteiger partial charge >= 0.3 is 0 Å². The molecule has 3 heteroatoms. The lowest BCUT2D eigenvalue weighted by Gasteiger charge is -2.41. The van der Waals surface area contributed by atoms with Crippen LogP contribution in [0.5, 0.6) is 0 Å². The van der Waals surface area contributed by atoms with Crippen LogP contribution in [0.4, 0.5) is 0 Å². The van der Waals surface area contributed by atoms with Crippen molar-refractivity contribution >= 4 is 0 Å². The maximum Gasteiger partial charge on any atom is 0.121 e. The zero-order valence-corrected chi connectivity index (χ0v) is 11.1. The van der Waals surface area contributed by atoms with Gasteiger partial charge in [0.25, 0.3) is 0 Å². The Morgan fingerprint density at radius 1 is 1.53 bits per heavy atom. The van der Waals surface area contributed by atoms with E-state index in [4.69, 9.17) is 10.2 Å². The molecule has 2 heterocycles. The summed E-state index contributed by atoms with van der Waals surface area (Å²) < 4.78 is 5.74. The third kappa shape index (κ3) is 2.72.